The van der Waals surface area contributed by atoms with Crippen molar-refractivity contribution in [3.63, 3.8) is 0 Å². The van der Waals surface area contributed by atoms with Crippen LogP contribution in [0.25, 0.3) is 0 Å². The number of hydrogen-bond donors (Lipinski definition) is 3. The molecule has 158 valence electrons. The highest BCUT2D eigenvalue weighted by Gasteiger charge is 2.87. The van der Waals surface area contributed by atoms with Crippen molar-refractivity contribution >= 4 is 11.9 Å². The first-order valence-corrected chi connectivity index (χ1v) is 10.0. The molecule has 4 aliphatic rings. The Balaban J connectivity index is 1.76. The summed E-state index contributed by atoms with van der Waals surface area (Å²) in [6.45, 7) is 8.57. The zero-order chi connectivity index (χ0) is 20.8. The van der Waals surface area contributed by atoms with Crippen molar-refractivity contribution in [2.24, 2.45) is 23.7 Å². The number of hydrogen-bond acceptors (Lipinski definition) is 8. The second-order valence-corrected chi connectivity index (χ2v) is 9.85. The van der Waals surface area contributed by atoms with Crippen LogP contribution in [0.3, 0.4) is 0 Å². The van der Waals surface area contributed by atoms with Crippen molar-refractivity contribution < 1.29 is 39.1 Å². The van der Waals surface area contributed by atoms with Gasteiger partial charge in [0.15, 0.2) is 0 Å². The molecule has 28 heavy (non-hydrogen) atoms. The van der Waals surface area contributed by atoms with Gasteiger partial charge >= 0.3 is 11.9 Å². The topological polar surface area (TPSA) is 126 Å². The standard InChI is InChI=1S/C20H30O8/c1-8(2)6-11(21)26-10-7-18(4,24)20-14(13-12(10)9(3)17(23)27-13)19(5,25)15(22)16(20)28-20/h8-10,12-16,22,24-25H,6-7H2,1-5H3. The average Bonchev–Trinajstić information content (AvgIpc) is 3.18. The third-order valence-corrected chi connectivity index (χ3v) is 7.30. The highest BCUT2D eigenvalue weighted by atomic mass is 16.7. The van der Waals surface area contributed by atoms with Crippen LogP contribution in [0.2, 0.25) is 0 Å². The van der Waals surface area contributed by atoms with E-state index in [2.05, 4.69) is 0 Å². The fraction of sp³-hybridized carbons (Fsp3) is 0.900. The molecule has 0 bridgehead atoms. The molecule has 4 fully saturated rings. The molecule has 2 heterocycles. The maximum absolute atomic E-state index is 12.4. The van der Waals surface area contributed by atoms with Crippen molar-refractivity contribution in [3.05, 3.63) is 0 Å². The van der Waals surface area contributed by atoms with E-state index < -0.39 is 70.9 Å². The quantitative estimate of drug-likeness (QED) is 0.453. The van der Waals surface area contributed by atoms with Crippen LogP contribution in [0.4, 0.5) is 0 Å². The Morgan fingerprint density at radius 1 is 1.32 bits per heavy atom. The molecule has 1 spiro atoms. The second-order valence-electron chi connectivity index (χ2n) is 9.85. The van der Waals surface area contributed by atoms with E-state index in [0.717, 1.165) is 0 Å². The average molecular weight is 398 g/mol. The Kier molecular flexibility index (Phi) is 4.23. The number of rotatable bonds is 3. The number of ether oxygens (including phenoxy) is 3. The molecule has 2 saturated heterocycles. The first-order valence-electron chi connectivity index (χ1n) is 10.0. The molecule has 0 amide bonds. The van der Waals surface area contributed by atoms with Gasteiger partial charge in [-0.05, 0) is 19.8 Å². The minimum Gasteiger partial charge on any atom is -0.462 e. The summed E-state index contributed by atoms with van der Waals surface area (Å²) in [4.78, 5) is 24.8. The summed E-state index contributed by atoms with van der Waals surface area (Å²) in [6.07, 6.45) is -3.30. The Labute approximate surface area is 164 Å². The second kappa shape index (κ2) is 5.90. The molecule has 10 atom stereocenters. The van der Waals surface area contributed by atoms with E-state index in [0.29, 0.717) is 0 Å². The largest absolute Gasteiger partial charge is 0.462 e. The Hall–Kier alpha value is -1.22. The van der Waals surface area contributed by atoms with Gasteiger partial charge in [-0.3, -0.25) is 9.59 Å². The van der Waals surface area contributed by atoms with Crippen molar-refractivity contribution in [1.82, 2.24) is 0 Å². The molecule has 0 radical (unpaired) electrons. The first-order chi connectivity index (χ1) is 12.8. The highest BCUT2D eigenvalue weighted by Crippen LogP contribution is 2.68. The third kappa shape index (κ3) is 2.44. The lowest BCUT2D eigenvalue weighted by molar-refractivity contribution is -0.178. The smallest absolute Gasteiger partial charge is 0.309 e. The molecule has 0 aromatic heterocycles. The normalized spacial score (nSPS) is 54.5. The van der Waals surface area contributed by atoms with Crippen LogP contribution >= 0.6 is 0 Å². The molecule has 0 aromatic carbocycles. The van der Waals surface area contributed by atoms with Crippen LogP contribution in [0.1, 0.15) is 47.5 Å². The van der Waals surface area contributed by atoms with Crippen molar-refractivity contribution in [2.45, 2.75) is 88.7 Å². The molecule has 8 heteroatoms. The van der Waals surface area contributed by atoms with Crippen LogP contribution in [-0.4, -0.2) is 68.5 Å². The predicted octanol–water partition coefficient (Wildman–Crippen LogP) is 0.156. The highest BCUT2D eigenvalue weighted by molar-refractivity contribution is 5.76. The summed E-state index contributed by atoms with van der Waals surface area (Å²) in [5.41, 5.74) is -4.34. The maximum Gasteiger partial charge on any atom is 0.309 e. The van der Waals surface area contributed by atoms with E-state index in [-0.39, 0.29) is 18.8 Å². The Morgan fingerprint density at radius 2 is 1.96 bits per heavy atom. The van der Waals surface area contributed by atoms with Crippen molar-refractivity contribution in [2.75, 3.05) is 0 Å². The van der Waals surface area contributed by atoms with Gasteiger partial charge in [0, 0.05) is 18.8 Å². The number of aliphatic hydroxyl groups excluding tert-OH is 1. The van der Waals surface area contributed by atoms with Crippen LogP contribution in [0.5, 0.6) is 0 Å². The minimum atomic E-state index is -1.61. The van der Waals surface area contributed by atoms with Gasteiger partial charge in [0.25, 0.3) is 0 Å². The number of fused-ring (bicyclic) bond motifs is 2. The lowest BCUT2D eigenvalue weighted by atomic mass is 9.72. The summed E-state index contributed by atoms with van der Waals surface area (Å²) in [7, 11) is 0. The summed E-state index contributed by atoms with van der Waals surface area (Å²) in [6, 6.07) is 0. The predicted molar refractivity (Wildman–Crippen MR) is 94.8 cm³/mol. The fourth-order valence-electron chi connectivity index (χ4n) is 5.94. The number of esters is 2. The van der Waals surface area contributed by atoms with Crippen LogP contribution in [-0.2, 0) is 23.8 Å². The van der Waals surface area contributed by atoms with Crippen LogP contribution in [0.15, 0.2) is 0 Å². The van der Waals surface area contributed by atoms with E-state index in [1.165, 1.54) is 6.92 Å². The van der Waals surface area contributed by atoms with Crippen LogP contribution < -0.4 is 0 Å². The summed E-state index contributed by atoms with van der Waals surface area (Å²) >= 11 is 0. The van der Waals surface area contributed by atoms with Crippen molar-refractivity contribution in [3.8, 4) is 0 Å². The van der Waals surface area contributed by atoms with E-state index in [1.807, 2.05) is 13.8 Å². The van der Waals surface area contributed by atoms with E-state index in [1.54, 1.807) is 13.8 Å². The molecule has 2 aliphatic carbocycles. The first kappa shape index (κ1) is 20.1. The van der Waals surface area contributed by atoms with E-state index >= 15 is 0 Å². The fourth-order valence-corrected chi connectivity index (χ4v) is 5.94. The molecular weight excluding hydrogens is 368 g/mol. The van der Waals surface area contributed by atoms with Gasteiger partial charge in [0.2, 0.25) is 0 Å². The van der Waals surface area contributed by atoms with Gasteiger partial charge in [-0.15, -0.1) is 0 Å². The number of aliphatic hydroxyl groups is 3. The molecule has 4 rings (SSSR count). The zero-order valence-corrected chi connectivity index (χ0v) is 16.9. The summed E-state index contributed by atoms with van der Waals surface area (Å²) < 4.78 is 17.2. The Bertz CT molecular complexity index is 700. The number of carbonyl (C=O) groups is 2. The lowest BCUT2D eigenvalue weighted by Gasteiger charge is -2.40. The minimum absolute atomic E-state index is 0.0365. The van der Waals surface area contributed by atoms with Gasteiger partial charge < -0.3 is 29.5 Å². The van der Waals surface area contributed by atoms with Gasteiger partial charge in [0.05, 0.1) is 23.0 Å². The van der Waals surface area contributed by atoms with Gasteiger partial charge in [-0.1, -0.05) is 20.8 Å². The van der Waals surface area contributed by atoms with Gasteiger partial charge in [0.1, 0.15) is 30.0 Å². The lowest BCUT2D eigenvalue weighted by Crippen LogP contribution is -2.56. The Morgan fingerprint density at radius 3 is 2.57 bits per heavy atom. The number of epoxide rings is 1. The molecule has 2 aliphatic heterocycles. The van der Waals surface area contributed by atoms with Crippen molar-refractivity contribution in [1.29, 1.82) is 0 Å². The molecule has 3 N–H and O–H groups in total. The van der Waals surface area contributed by atoms with Gasteiger partial charge in [-0.2, -0.15) is 0 Å². The van der Waals surface area contributed by atoms with Gasteiger partial charge in [-0.25, -0.2) is 0 Å². The summed E-state index contributed by atoms with van der Waals surface area (Å²) in [5.74, 6) is -2.67. The molecule has 0 aromatic rings. The van der Waals surface area contributed by atoms with Crippen LogP contribution in [0, 0.1) is 23.7 Å². The molecular formula is C20H30O8. The van der Waals surface area contributed by atoms with E-state index in [4.69, 9.17) is 14.2 Å². The third-order valence-electron chi connectivity index (χ3n) is 7.30. The molecule has 2 saturated carbocycles. The SMILES string of the molecule is CC(C)CC(=O)OC1CC(C)(O)C23OC2C(O)C(C)(O)C3C2OC(=O)C(C)C12. The maximum atomic E-state index is 12.4. The summed E-state index contributed by atoms with van der Waals surface area (Å²) in [5, 5.41) is 33.0. The van der Waals surface area contributed by atoms with E-state index in [9.17, 15) is 24.9 Å². The zero-order valence-electron chi connectivity index (χ0n) is 16.9. The molecule has 10 unspecified atom stereocenters. The number of carbonyl (C=O) groups excluding carboxylic acids is 2. The molecule has 8 nitrogen and oxygen atoms in total. The monoisotopic (exact) mass is 398 g/mol.